The van der Waals surface area contributed by atoms with Crippen molar-refractivity contribution >= 4 is 23.2 Å². The Hall–Kier alpha value is -4.09. The third-order valence-corrected chi connectivity index (χ3v) is 8.40. The second kappa shape index (κ2) is 14.4. The predicted molar refractivity (Wildman–Crippen MR) is 165 cm³/mol. The van der Waals surface area contributed by atoms with Crippen molar-refractivity contribution in [3.8, 4) is 5.75 Å². The lowest BCUT2D eigenvalue weighted by atomic mass is 10.00. The number of carbonyl (C=O) groups is 2. The average molecular weight is 601 g/mol. The molecule has 0 aliphatic carbocycles. The van der Waals surface area contributed by atoms with Crippen molar-refractivity contribution in [1.29, 1.82) is 0 Å². The van der Waals surface area contributed by atoms with E-state index >= 15 is 0 Å². The summed E-state index contributed by atoms with van der Waals surface area (Å²) in [6, 6.07) is 23.2. The number of nitrogens with zero attached hydrogens (tertiary/aromatic N) is 2. The van der Waals surface area contributed by atoms with E-state index in [1.54, 1.807) is 36.3 Å². The third kappa shape index (κ3) is 7.85. The number of hydrogen-bond acceptors (Lipinski definition) is 8. The average Bonchev–Trinajstić information content (AvgIpc) is 3.70. The van der Waals surface area contributed by atoms with Gasteiger partial charge in [0.1, 0.15) is 23.5 Å². The Morgan fingerprint density at radius 1 is 1.07 bits per heavy atom. The maximum atomic E-state index is 13.5. The Kier molecular flexibility index (Phi) is 10.2. The predicted octanol–water partition coefficient (Wildman–Crippen LogP) is 4.12. The maximum Gasteiger partial charge on any atom is 0.256 e. The molecule has 2 amide bonds. The Bertz CT molecular complexity index is 1530. The quantitative estimate of drug-likeness (QED) is 0.224. The molecule has 4 aromatic rings. The molecule has 224 valence electrons. The maximum absolute atomic E-state index is 13.5. The van der Waals surface area contributed by atoms with E-state index in [9.17, 15) is 14.7 Å². The molecule has 10 heteroatoms. The zero-order valence-corrected chi connectivity index (χ0v) is 25.0. The monoisotopic (exact) mass is 600 g/mol. The number of aryl methyl sites for hydroxylation is 1. The lowest BCUT2D eigenvalue weighted by Gasteiger charge is -2.25. The van der Waals surface area contributed by atoms with Gasteiger partial charge in [-0.15, -0.1) is 11.3 Å². The molecule has 1 aliphatic heterocycles. The third-order valence-electron chi connectivity index (χ3n) is 7.33. The zero-order valence-electron chi connectivity index (χ0n) is 24.2. The Morgan fingerprint density at radius 2 is 1.84 bits per heavy atom. The first-order valence-corrected chi connectivity index (χ1v) is 15.1. The van der Waals surface area contributed by atoms with E-state index in [0.29, 0.717) is 30.7 Å². The first-order chi connectivity index (χ1) is 20.9. The Morgan fingerprint density at radius 3 is 2.60 bits per heavy atom. The highest BCUT2D eigenvalue weighted by Crippen LogP contribution is 2.30. The molecular formula is C33H36N4O5S. The van der Waals surface area contributed by atoms with Crippen molar-refractivity contribution in [1.82, 2.24) is 20.5 Å². The lowest BCUT2D eigenvalue weighted by Crippen LogP contribution is -2.48. The van der Waals surface area contributed by atoms with Gasteiger partial charge in [0.25, 0.3) is 11.8 Å². The smallest absolute Gasteiger partial charge is 0.256 e. The number of nitrogens with one attached hydrogen (secondary N) is 2. The first-order valence-electron chi connectivity index (χ1n) is 14.2. The summed E-state index contributed by atoms with van der Waals surface area (Å²) < 4.78 is 10.9. The highest BCUT2D eigenvalue weighted by Gasteiger charge is 2.33. The van der Waals surface area contributed by atoms with Crippen LogP contribution in [0.4, 0.5) is 0 Å². The molecular weight excluding hydrogens is 564 g/mol. The summed E-state index contributed by atoms with van der Waals surface area (Å²) in [7, 11) is 1.62. The molecule has 0 spiro atoms. The fraction of sp³-hybridized carbons (Fsp3) is 0.303. The van der Waals surface area contributed by atoms with Gasteiger partial charge in [0.05, 0.1) is 25.9 Å². The largest absolute Gasteiger partial charge is 0.497 e. The Labute approximate surface area is 255 Å². The van der Waals surface area contributed by atoms with Gasteiger partial charge in [-0.3, -0.25) is 9.59 Å². The molecule has 0 bridgehead atoms. The Balaban J connectivity index is 1.27. The molecule has 0 radical (unpaired) electrons. The number of benzene rings is 3. The fourth-order valence-electron chi connectivity index (χ4n) is 5.02. The summed E-state index contributed by atoms with van der Waals surface area (Å²) in [4.78, 5) is 33.2. The number of thiazole rings is 1. The van der Waals surface area contributed by atoms with E-state index in [2.05, 4.69) is 15.6 Å². The fourth-order valence-corrected chi connectivity index (χ4v) is 5.92. The number of ether oxygens (including phenoxy) is 2. The summed E-state index contributed by atoms with van der Waals surface area (Å²) in [6.07, 6.45) is -0.434. The van der Waals surface area contributed by atoms with E-state index < -0.39 is 12.1 Å². The van der Waals surface area contributed by atoms with Crippen LogP contribution in [-0.2, 0) is 17.7 Å². The van der Waals surface area contributed by atoms with E-state index in [1.807, 2.05) is 66.9 Å². The van der Waals surface area contributed by atoms with Gasteiger partial charge in [0, 0.05) is 35.3 Å². The summed E-state index contributed by atoms with van der Waals surface area (Å²) in [6.45, 7) is 3.26. The number of aliphatic hydroxyl groups excluding tert-OH is 1. The lowest BCUT2D eigenvalue weighted by molar-refractivity contribution is 0.0658. The highest BCUT2D eigenvalue weighted by atomic mass is 32.1. The molecule has 3 atom stereocenters. The second-order valence-corrected chi connectivity index (χ2v) is 11.4. The van der Waals surface area contributed by atoms with Gasteiger partial charge in [-0.1, -0.05) is 48.5 Å². The van der Waals surface area contributed by atoms with Crippen molar-refractivity contribution in [2.45, 2.75) is 38.1 Å². The SMILES string of the molecule is COc1cccc(CNC[C@@H](O)[C@H](Cc2ccccc2)NC(=O)c2cccc(C(=O)N3COC[C@@H]3c3nc(C)cs3)c2)c1. The molecule has 5 rings (SSSR count). The number of amides is 2. The molecule has 1 fully saturated rings. The van der Waals surface area contributed by atoms with Crippen molar-refractivity contribution in [2.24, 2.45) is 0 Å². The molecule has 43 heavy (non-hydrogen) atoms. The van der Waals surface area contributed by atoms with E-state index in [-0.39, 0.29) is 31.1 Å². The summed E-state index contributed by atoms with van der Waals surface area (Å²) in [5, 5.41) is 20.3. The van der Waals surface area contributed by atoms with Crippen LogP contribution < -0.4 is 15.4 Å². The number of aliphatic hydroxyl groups is 1. The number of methoxy groups -OCH3 is 1. The van der Waals surface area contributed by atoms with Gasteiger partial charge in [-0.25, -0.2) is 4.98 Å². The van der Waals surface area contributed by atoms with Crippen molar-refractivity contribution < 1.29 is 24.2 Å². The molecule has 3 aromatic carbocycles. The molecule has 1 saturated heterocycles. The van der Waals surface area contributed by atoms with Gasteiger partial charge in [-0.2, -0.15) is 0 Å². The topological polar surface area (TPSA) is 113 Å². The number of aromatic nitrogens is 1. The number of hydrogen-bond donors (Lipinski definition) is 3. The second-order valence-electron chi connectivity index (χ2n) is 10.5. The van der Waals surface area contributed by atoms with E-state index in [0.717, 1.165) is 27.6 Å². The minimum atomic E-state index is -0.871. The van der Waals surface area contributed by atoms with Crippen LogP contribution >= 0.6 is 11.3 Å². The molecule has 0 unspecified atom stereocenters. The van der Waals surface area contributed by atoms with Crippen LogP contribution in [0.3, 0.4) is 0 Å². The molecule has 0 saturated carbocycles. The molecule has 2 heterocycles. The number of rotatable bonds is 12. The van der Waals surface area contributed by atoms with Crippen LogP contribution in [0.2, 0.25) is 0 Å². The van der Waals surface area contributed by atoms with Crippen LogP contribution in [0, 0.1) is 6.92 Å². The van der Waals surface area contributed by atoms with Gasteiger partial charge in [-0.05, 0) is 54.8 Å². The molecule has 3 N–H and O–H groups in total. The minimum Gasteiger partial charge on any atom is -0.497 e. The highest BCUT2D eigenvalue weighted by molar-refractivity contribution is 7.09. The molecule has 1 aliphatic rings. The van der Waals surface area contributed by atoms with Crippen molar-refractivity contribution in [3.63, 3.8) is 0 Å². The molecule has 9 nitrogen and oxygen atoms in total. The van der Waals surface area contributed by atoms with Crippen LogP contribution in [-0.4, -0.2) is 65.9 Å². The van der Waals surface area contributed by atoms with Gasteiger partial charge < -0.3 is 30.1 Å². The normalized spacial score (nSPS) is 16.1. The van der Waals surface area contributed by atoms with Gasteiger partial charge in [0.15, 0.2) is 0 Å². The summed E-state index contributed by atoms with van der Waals surface area (Å²) in [5.74, 6) is 0.167. The van der Waals surface area contributed by atoms with Crippen LogP contribution in [0.5, 0.6) is 5.75 Å². The minimum absolute atomic E-state index is 0.159. The van der Waals surface area contributed by atoms with Crippen molar-refractivity contribution in [3.05, 3.63) is 117 Å². The zero-order chi connectivity index (χ0) is 30.2. The van der Waals surface area contributed by atoms with Gasteiger partial charge in [0.2, 0.25) is 0 Å². The first kappa shape index (κ1) is 30.4. The van der Waals surface area contributed by atoms with E-state index in [1.165, 1.54) is 11.3 Å². The van der Waals surface area contributed by atoms with Crippen LogP contribution in [0.1, 0.15) is 48.6 Å². The number of carbonyl (C=O) groups excluding carboxylic acids is 2. The molecule has 1 aromatic heterocycles. The van der Waals surface area contributed by atoms with E-state index in [4.69, 9.17) is 9.47 Å². The van der Waals surface area contributed by atoms with Crippen LogP contribution in [0.25, 0.3) is 0 Å². The van der Waals surface area contributed by atoms with Gasteiger partial charge >= 0.3 is 0 Å². The summed E-state index contributed by atoms with van der Waals surface area (Å²) in [5.41, 5.74) is 3.63. The van der Waals surface area contributed by atoms with Crippen molar-refractivity contribution in [2.75, 3.05) is 27.0 Å². The summed E-state index contributed by atoms with van der Waals surface area (Å²) >= 11 is 1.50. The van der Waals surface area contributed by atoms with Crippen LogP contribution in [0.15, 0.2) is 84.2 Å². The standard InChI is InChI=1S/C33H36N4O5S/c1-22-20-43-32(35-22)29-19-42-21-37(29)33(40)26-12-7-11-25(16-26)31(39)36-28(15-23-8-4-3-5-9-23)30(38)18-34-17-24-10-6-13-27(14-24)41-2/h3-14,16,20,28-30,34,38H,15,17-19,21H2,1-2H3,(H,36,39)/t28-,29+,30+/m0/s1.